The third-order valence-electron chi connectivity index (χ3n) is 3.33. The average Bonchev–Trinajstić information content (AvgIpc) is 2.70. The molecule has 0 aromatic carbocycles. The minimum absolute atomic E-state index is 0.133. The van der Waals surface area contributed by atoms with Crippen LogP contribution in [0.2, 0.25) is 0 Å². The number of nitrogens with zero attached hydrogens (tertiary/aromatic N) is 2. The fourth-order valence-electron chi connectivity index (χ4n) is 2.63. The highest BCUT2D eigenvalue weighted by molar-refractivity contribution is 7.07. The Morgan fingerprint density at radius 3 is 3.20 bits per heavy atom. The van der Waals surface area contributed by atoms with Crippen LogP contribution in [0.4, 0.5) is 0 Å². The molecule has 1 aliphatic rings. The number of hydrogen-bond donors (Lipinski definition) is 0. The van der Waals surface area contributed by atoms with Crippen molar-refractivity contribution in [3.05, 3.63) is 16.6 Å². The van der Waals surface area contributed by atoms with Crippen LogP contribution in [0.15, 0.2) is 10.9 Å². The van der Waals surface area contributed by atoms with Gasteiger partial charge in [-0.2, -0.15) is 5.26 Å². The van der Waals surface area contributed by atoms with Gasteiger partial charge in [-0.15, -0.1) is 11.3 Å². The second-order valence-electron chi connectivity index (χ2n) is 4.75. The highest BCUT2D eigenvalue weighted by Gasteiger charge is 2.35. The lowest BCUT2D eigenvalue weighted by atomic mass is 9.69. The molecule has 1 saturated carbocycles. The Morgan fingerprint density at radius 2 is 2.60 bits per heavy atom. The van der Waals surface area contributed by atoms with E-state index in [9.17, 15) is 5.26 Å². The molecule has 0 spiro atoms. The van der Waals surface area contributed by atoms with Crippen LogP contribution in [0, 0.1) is 22.7 Å². The van der Waals surface area contributed by atoms with Crippen LogP contribution in [0.1, 0.15) is 38.3 Å². The van der Waals surface area contributed by atoms with Crippen molar-refractivity contribution in [2.75, 3.05) is 0 Å². The van der Waals surface area contributed by atoms with Crippen molar-refractivity contribution in [3.8, 4) is 6.07 Å². The molecule has 0 N–H and O–H groups in total. The summed E-state index contributed by atoms with van der Waals surface area (Å²) < 4.78 is 0. The van der Waals surface area contributed by atoms with Crippen molar-refractivity contribution < 1.29 is 0 Å². The summed E-state index contributed by atoms with van der Waals surface area (Å²) in [5.41, 5.74) is 2.81. The topological polar surface area (TPSA) is 36.7 Å². The van der Waals surface area contributed by atoms with Gasteiger partial charge in [0.1, 0.15) is 0 Å². The summed E-state index contributed by atoms with van der Waals surface area (Å²) in [5.74, 6) is 0.692. The van der Waals surface area contributed by atoms with Gasteiger partial charge in [0.25, 0.3) is 0 Å². The van der Waals surface area contributed by atoms with Gasteiger partial charge in [-0.1, -0.05) is 19.8 Å². The Bertz CT molecular complexity index is 352. The molecule has 0 bridgehead atoms. The summed E-state index contributed by atoms with van der Waals surface area (Å²) in [4.78, 5) is 4.30. The zero-order chi connectivity index (χ0) is 10.7. The van der Waals surface area contributed by atoms with E-state index >= 15 is 0 Å². The van der Waals surface area contributed by atoms with Crippen molar-refractivity contribution in [2.24, 2.45) is 11.3 Å². The maximum Gasteiger partial charge on any atom is 0.0794 e. The summed E-state index contributed by atoms with van der Waals surface area (Å²) in [6.07, 6.45) is 5.41. The molecule has 15 heavy (non-hydrogen) atoms. The van der Waals surface area contributed by atoms with Gasteiger partial charge in [0.05, 0.1) is 22.7 Å². The summed E-state index contributed by atoms with van der Waals surface area (Å²) in [5, 5.41) is 11.5. The van der Waals surface area contributed by atoms with E-state index in [1.54, 1.807) is 11.3 Å². The van der Waals surface area contributed by atoms with Gasteiger partial charge < -0.3 is 0 Å². The van der Waals surface area contributed by atoms with Gasteiger partial charge >= 0.3 is 0 Å². The van der Waals surface area contributed by atoms with Crippen LogP contribution in [-0.4, -0.2) is 4.98 Å². The zero-order valence-electron chi connectivity index (χ0n) is 9.07. The smallest absolute Gasteiger partial charge is 0.0794 e. The summed E-state index contributed by atoms with van der Waals surface area (Å²) in [7, 11) is 0. The lowest BCUT2D eigenvalue weighted by molar-refractivity contribution is 0.208. The standard InChI is InChI=1S/C12H16N2S/c1-10-3-2-4-12(5-10,8-13)6-11-7-15-9-14-11/h7,9-10H,2-6H2,1H3. The molecular weight excluding hydrogens is 204 g/mol. The van der Waals surface area contributed by atoms with E-state index in [4.69, 9.17) is 0 Å². The number of aromatic nitrogens is 1. The molecule has 2 nitrogen and oxygen atoms in total. The monoisotopic (exact) mass is 220 g/mol. The summed E-state index contributed by atoms with van der Waals surface area (Å²) in [6, 6.07) is 2.55. The Morgan fingerprint density at radius 1 is 1.73 bits per heavy atom. The molecule has 0 amide bonds. The van der Waals surface area contributed by atoms with Gasteiger partial charge in [0.2, 0.25) is 0 Å². The molecule has 0 radical (unpaired) electrons. The number of nitriles is 1. The molecule has 1 fully saturated rings. The van der Waals surface area contributed by atoms with Crippen LogP contribution >= 0.6 is 11.3 Å². The molecule has 3 heteroatoms. The molecule has 0 aliphatic heterocycles. The zero-order valence-corrected chi connectivity index (χ0v) is 9.89. The molecule has 1 aromatic heterocycles. The second-order valence-corrected chi connectivity index (χ2v) is 5.47. The predicted octanol–water partition coefficient (Wildman–Crippen LogP) is 3.41. The Balaban J connectivity index is 2.12. The first kappa shape index (κ1) is 10.6. The van der Waals surface area contributed by atoms with Crippen LogP contribution in [0.5, 0.6) is 0 Å². The SMILES string of the molecule is CC1CCCC(C#N)(Cc2cscn2)C1. The Kier molecular flexibility index (Phi) is 3.06. The van der Waals surface area contributed by atoms with Crippen molar-refractivity contribution in [2.45, 2.75) is 39.0 Å². The summed E-state index contributed by atoms with van der Waals surface area (Å²) in [6.45, 7) is 2.26. The van der Waals surface area contributed by atoms with Gasteiger partial charge in [0, 0.05) is 11.8 Å². The molecule has 2 rings (SSSR count). The lowest BCUT2D eigenvalue weighted by Crippen LogP contribution is -2.28. The molecule has 2 unspecified atom stereocenters. The number of hydrogen-bond acceptors (Lipinski definition) is 3. The largest absolute Gasteiger partial charge is 0.250 e. The number of thiazole rings is 1. The maximum absolute atomic E-state index is 9.38. The van der Waals surface area contributed by atoms with Crippen molar-refractivity contribution in [3.63, 3.8) is 0 Å². The molecular formula is C12H16N2S. The highest BCUT2D eigenvalue weighted by Crippen LogP contribution is 2.41. The maximum atomic E-state index is 9.38. The van der Waals surface area contributed by atoms with E-state index in [2.05, 4.69) is 23.4 Å². The minimum Gasteiger partial charge on any atom is -0.250 e. The summed E-state index contributed by atoms with van der Waals surface area (Å²) >= 11 is 1.62. The first-order valence-electron chi connectivity index (χ1n) is 5.52. The van der Waals surface area contributed by atoms with Crippen LogP contribution < -0.4 is 0 Å². The molecule has 2 atom stereocenters. The normalized spacial score (nSPS) is 31.1. The van der Waals surface area contributed by atoms with Crippen molar-refractivity contribution in [1.29, 1.82) is 5.26 Å². The third-order valence-corrected chi connectivity index (χ3v) is 3.97. The van der Waals surface area contributed by atoms with Gasteiger partial charge in [-0.3, -0.25) is 0 Å². The Hall–Kier alpha value is -0.880. The first-order valence-corrected chi connectivity index (χ1v) is 6.47. The van der Waals surface area contributed by atoms with E-state index in [1.807, 2.05) is 5.51 Å². The quantitative estimate of drug-likeness (QED) is 0.766. The Labute approximate surface area is 95.0 Å². The van der Waals surface area contributed by atoms with Crippen molar-refractivity contribution >= 4 is 11.3 Å². The molecule has 80 valence electrons. The second kappa shape index (κ2) is 4.32. The van der Waals surface area contributed by atoms with E-state index < -0.39 is 0 Å². The fourth-order valence-corrected chi connectivity index (χ4v) is 3.19. The van der Waals surface area contributed by atoms with E-state index in [1.165, 1.54) is 12.8 Å². The predicted molar refractivity (Wildman–Crippen MR) is 61.5 cm³/mol. The fraction of sp³-hybridized carbons (Fsp3) is 0.667. The van der Waals surface area contributed by atoms with Crippen molar-refractivity contribution in [1.82, 2.24) is 4.98 Å². The first-order chi connectivity index (χ1) is 7.24. The minimum atomic E-state index is -0.133. The third kappa shape index (κ3) is 2.38. The van der Waals surface area contributed by atoms with E-state index in [0.717, 1.165) is 25.0 Å². The van der Waals surface area contributed by atoms with Crippen LogP contribution in [0.3, 0.4) is 0 Å². The van der Waals surface area contributed by atoms with Gasteiger partial charge in [-0.25, -0.2) is 4.98 Å². The van der Waals surface area contributed by atoms with Crippen LogP contribution in [0.25, 0.3) is 0 Å². The average molecular weight is 220 g/mol. The van der Waals surface area contributed by atoms with E-state index in [0.29, 0.717) is 5.92 Å². The molecule has 1 heterocycles. The van der Waals surface area contributed by atoms with Gasteiger partial charge in [-0.05, 0) is 18.8 Å². The van der Waals surface area contributed by atoms with Crippen LogP contribution in [-0.2, 0) is 6.42 Å². The van der Waals surface area contributed by atoms with Gasteiger partial charge in [0.15, 0.2) is 0 Å². The number of rotatable bonds is 2. The molecule has 1 aliphatic carbocycles. The lowest BCUT2D eigenvalue weighted by Gasteiger charge is -2.33. The molecule has 0 saturated heterocycles. The highest BCUT2D eigenvalue weighted by atomic mass is 32.1. The van der Waals surface area contributed by atoms with E-state index in [-0.39, 0.29) is 5.41 Å². The molecule has 1 aromatic rings.